The van der Waals surface area contributed by atoms with Crippen molar-refractivity contribution in [2.24, 2.45) is 0 Å². The topological polar surface area (TPSA) is 12.0 Å². The molecule has 1 nitrogen and oxygen atoms in total. The van der Waals surface area contributed by atoms with Gasteiger partial charge in [-0.05, 0) is 36.2 Å². The van der Waals surface area contributed by atoms with E-state index in [2.05, 4.69) is 96.6 Å². The van der Waals surface area contributed by atoms with Crippen LogP contribution in [0.25, 0.3) is 0 Å². The van der Waals surface area contributed by atoms with E-state index in [0.29, 0.717) is 6.04 Å². The van der Waals surface area contributed by atoms with Crippen LogP contribution >= 0.6 is 15.9 Å². The summed E-state index contributed by atoms with van der Waals surface area (Å²) in [6.07, 6.45) is 1.02. The minimum absolute atomic E-state index is 0.0829. The lowest BCUT2D eigenvalue weighted by molar-refractivity contribution is 0.343. The fourth-order valence-electron chi connectivity index (χ4n) is 2.80. The summed E-state index contributed by atoms with van der Waals surface area (Å²) in [5.41, 5.74) is 2.82. The molecule has 2 rings (SSSR count). The van der Waals surface area contributed by atoms with Crippen molar-refractivity contribution >= 4 is 15.9 Å². The van der Waals surface area contributed by atoms with Gasteiger partial charge in [0.2, 0.25) is 0 Å². The Hall–Kier alpha value is -1.12. The average molecular weight is 346 g/mol. The summed E-state index contributed by atoms with van der Waals surface area (Å²) in [5.74, 6) is 0. The summed E-state index contributed by atoms with van der Waals surface area (Å²) in [5, 5.41) is 3.67. The van der Waals surface area contributed by atoms with Crippen LogP contribution in [0.4, 0.5) is 0 Å². The Bertz CT molecular complexity index is 563. The molecule has 2 heteroatoms. The molecule has 0 aliphatic carbocycles. The maximum Gasteiger partial charge on any atom is 0.0199 e. The van der Waals surface area contributed by atoms with Crippen molar-refractivity contribution in [2.45, 2.75) is 38.6 Å². The van der Waals surface area contributed by atoms with Crippen LogP contribution < -0.4 is 5.32 Å². The first kappa shape index (κ1) is 16.3. The molecule has 112 valence electrons. The van der Waals surface area contributed by atoms with E-state index in [1.54, 1.807) is 0 Å². The number of hydrogen-bond donors (Lipinski definition) is 1. The van der Waals surface area contributed by atoms with Gasteiger partial charge in [-0.25, -0.2) is 0 Å². The largest absolute Gasteiger partial charge is 0.313 e. The molecule has 0 amide bonds. The zero-order chi connectivity index (χ0) is 15.3. The van der Waals surface area contributed by atoms with Crippen LogP contribution in [-0.2, 0) is 11.8 Å². The number of likely N-dealkylation sites (N-methyl/N-ethyl adjacent to an activating group) is 1. The minimum Gasteiger partial charge on any atom is -0.313 e. The van der Waals surface area contributed by atoms with Crippen molar-refractivity contribution in [3.05, 3.63) is 70.2 Å². The molecule has 0 spiro atoms. The molecule has 1 N–H and O–H groups in total. The molecule has 0 bridgehead atoms. The zero-order valence-electron chi connectivity index (χ0n) is 13.1. The van der Waals surface area contributed by atoms with Crippen molar-refractivity contribution in [3.8, 4) is 0 Å². The number of halogens is 1. The Morgan fingerprint density at radius 2 is 1.76 bits per heavy atom. The molecule has 2 aromatic carbocycles. The standard InChI is InChI=1S/C19H24BrN/c1-4-21-18(14-15-9-8-12-17(20)13-15)19(2,3)16-10-6-5-7-11-16/h5-13,18,21H,4,14H2,1-3H3. The molecule has 0 aliphatic rings. The second kappa shape index (κ2) is 7.24. The molecule has 1 unspecified atom stereocenters. The van der Waals surface area contributed by atoms with Crippen LogP contribution in [0.3, 0.4) is 0 Å². The van der Waals surface area contributed by atoms with Crippen molar-refractivity contribution in [1.82, 2.24) is 5.32 Å². The summed E-state index contributed by atoms with van der Waals surface area (Å²) in [6, 6.07) is 19.8. The average Bonchev–Trinajstić information content (AvgIpc) is 2.48. The van der Waals surface area contributed by atoms with Gasteiger partial charge in [-0.2, -0.15) is 0 Å². The third kappa shape index (κ3) is 4.18. The molecule has 0 saturated carbocycles. The summed E-state index contributed by atoms with van der Waals surface area (Å²) in [4.78, 5) is 0. The van der Waals surface area contributed by atoms with Gasteiger partial charge in [0.1, 0.15) is 0 Å². The van der Waals surface area contributed by atoms with Crippen LogP contribution in [0.15, 0.2) is 59.1 Å². The Labute approximate surface area is 136 Å². The first-order chi connectivity index (χ1) is 10.0. The van der Waals surface area contributed by atoms with Gasteiger partial charge < -0.3 is 5.32 Å². The Kier molecular flexibility index (Phi) is 5.60. The van der Waals surface area contributed by atoms with Gasteiger partial charge in [0.25, 0.3) is 0 Å². The first-order valence-corrected chi connectivity index (χ1v) is 8.36. The smallest absolute Gasteiger partial charge is 0.0199 e. The van der Waals surface area contributed by atoms with Crippen molar-refractivity contribution in [3.63, 3.8) is 0 Å². The van der Waals surface area contributed by atoms with E-state index in [4.69, 9.17) is 0 Å². The quantitative estimate of drug-likeness (QED) is 0.781. The molecular formula is C19H24BrN. The highest BCUT2D eigenvalue weighted by atomic mass is 79.9. The van der Waals surface area contributed by atoms with E-state index in [1.165, 1.54) is 11.1 Å². The Morgan fingerprint density at radius 3 is 2.38 bits per heavy atom. The maximum absolute atomic E-state index is 3.67. The maximum atomic E-state index is 3.67. The van der Waals surface area contributed by atoms with Gasteiger partial charge in [0.05, 0.1) is 0 Å². The summed E-state index contributed by atoms with van der Waals surface area (Å²) in [6.45, 7) is 7.81. The lowest BCUT2D eigenvalue weighted by Gasteiger charge is -2.36. The van der Waals surface area contributed by atoms with Crippen LogP contribution in [0.5, 0.6) is 0 Å². The van der Waals surface area contributed by atoms with E-state index in [0.717, 1.165) is 17.4 Å². The summed E-state index contributed by atoms with van der Waals surface area (Å²) < 4.78 is 1.15. The van der Waals surface area contributed by atoms with Gasteiger partial charge in [0.15, 0.2) is 0 Å². The van der Waals surface area contributed by atoms with Crippen LogP contribution in [-0.4, -0.2) is 12.6 Å². The van der Waals surface area contributed by atoms with Crippen LogP contribution in [0.2, 0.25) is 0 Å². The SMILES string of the molecule is CCNC(Cc1cccc(Br)c1)C(C)(C)c1ccccc1. The monoisotopic (exact) mass is 345 g/mol. The highest BCUT2D eigenvalue weighted by Crippen LogP contribution is 2.29. The van der Waals surface area contributed by atoms with E-state index in [9.17, 15) is 0 Å². The number of nitrogens with one attached hydrogen (secondary N) is 1. The summed E-state index contributed by atoms with van der Waals surface area (Å²) >= 11 is 3.57. The molecule has 21 heavy (non-hydrogen) atoms. The van der Waals surface area contributed by atoms with E-state index < -0.39 is 0 Å². The molecule has 0 fully saturated rings. The Morgan fingerprint density at radius 1 is 1.05 bits per heavy atom. The second-order valence-corrected chi connectivity index (χ2v) is 6.95. The third-order valence-corrected chi connectivity index (χ3v) is 4.66. The molecule has 0 aromatic heterocycles. The number of hydrogen-bond acceptors (Lipinski definition) is 1. The predicted octanol–water partition coefficient (Wildman–Crippen LogP) is 4.95. The molecule has 0 aliphatic heterocycles. The van der Waals surface area contributed by atoms with Crippen LogP contribution in [0, 0.1) is 0 Å². The second-order valence-electron chi connectivity index (χ2n) is 6.03. The highest BCUT2D eigenvalue weighted by Gasteiger charge is 2.30. The van der Waals surface area contributed by atoms with Gasteiger partial charge in [-0.3, -0.25) is 0 Å². The molecule has 0 radical (unpaired) electrons. The molecular weight excluding hydrogens is 322 g/mol. The predicted molar refractivity (Wildman–Crippen MR) is 94.8 cm³/mol. The fraction of sp³-hybridized carbons (Fsp3) is 0.368. The van der Waals surface area contributed by atoms with Gasteiger partial charge in [0, 0.05) is 15.9 Å². The Balaban J connectivity index is 2.25. The van der Waals surface area contributed by atoms with Gasteiger partial charge in [-0.1, -0.05) is 79.2 Å². The van der Waals surface area contributed by atoms with Crippen molar-refractivity contribution in [2.75, 3.05) is 6.54 Å². The lowest BCUT2D eigenvalue weighted by Crippen LogP contribution is -2.46. The fourth-order valence-corrected chi connectivity index (χ4v) is 3.24. The first-order valence-electron chi connectivity index (χ1n) is 7.57. The van der Waals surface area contributed by atoms with Gasteiger partial charge >= 0.3 is 0 Å². The van der Waals surface area contributed by atoms with E-state index in [1.807, 2.05) is 0 Å². The molecule has 2 aromatic rings. The van der Waals surface area contributed by atoms with Crippen molar-refractivity contribution in [1.29, 1.82) is 0 Å². The number of rotatable bonds is 6. The molecule has 0 heterocycles. The third-order valence-electron chi connectivity index (χ3n) is 4.17. The molecule has 1 atom stereocenters. The van der Waals surface area contributed by atoms with Crippen LogP contribution in [0.1, 0.15) is 31.9 Å². The van der Waals surface area contributed by atoms with Gasteiger partial charge in [-0.15, -0.1) is 0 Å². The minimum atomic E-state index is 0.0829. The zero-order valence-corrected chi connectivity index (χ0v) is 14.7. The molecule has 0 saturated heterocycles. The number of benzene rings is 2. The highest BCUT2D eigenvalue weighted by molar-refractivity contribution is 9.10. The summed E-state index contributed by atoms with van der Waals surface area (Å²) in [7, 11) is 0. The van der Waals surface area contributed by atoms with Crippen molar-refractivity contribution < 1.29 is 0 Å². The van der Waals surface area contributed by atoms with E-state index in [-0.39, 0.29) is 5.41 Å². The normalized spacial score (nSPS) is 13.1. The lowest BCUT2D eigenvalue weighted by atomic mass is 9.75. The van der Waals surface area contributed by atoms with E-state index >= 15 is 0 Å².